The summed E-state index contributed by atoms with van der Waals surface area (Å²) in [6.07, 6.45) is 5.08. The highest BCUT2D eigenvalue weighted by Crippen LogP contribution is 2.38. The minimum atomic E-state index is -4.25. The number of nitrogens with two attached hydrogens (primary N) is 1. The second kappa shape index (κ2) is 29.9. The van der Waals surface area contributed by atoms with E-state index in [1.54, 1.807) is 12.1 Å². The van der Waals surface area contributed by atoms with Crippen molar-refractivity contribution >= 4 is 96.9 Å². The normalized spacial score (nSPS) is 17.2. The molecule has 12 nitrogen and oxygen atoms in total. The van der Waals surface area contributed by atoms with Crippen molar-refractivity contribution in [3.8, 4) is 0 Å². The molecule has 0 spiro atoms. The van der Waals surface area contributed by atoms with Crippen molar-refractivity contribution in [2.75, 3.05) is 30.4 Å². The fraction of sp³-hybridized carbons (Fsp3) is 0.482. The van der Waals surface area contributed by atoms with Gasteiger partial charge in [-0.2, -0.15) is 26.3 Å². The lowest BCUT2D eigenvalue weighted by Crippen LogP contribution is -2.33. The van der Waals surface area contributed by atoms with Gasteiger partial charge in [0.25, 0.3) is 0 Å². The van der Waals surface area contributed by atoms with Gasteiger partial charge in [0.05, 0.1) is 23.6 Å². The molecule has 4 N–H and O–H groups in total. The van der Waals surface area contributed by atoms with Crippen LogP contribution in [0.1, 0.15) is 131 Å². The number of carbonyl (C=O) groups is 3. The van der Waals surface area contributed by atoms with Crippen LogP contribution in [0.5, 0.6) is 0 Å². The lowest BCUT2D eigenvalue weighted by Gasteiger charge is -2.26. The average Bonchev–Trinajstić information content (AvgIpc) is 4.23. The van der Waals surface area contributed by atoms with Crippen LogP contribution in [0, 0.1) is 0 Å². The van der Waals surface area contributed by atoms with E-state index < -0.39 is 25.2 Å². The molecule has 0 aliphatic heterocycles. The Morgan fingerprint density at radius 3 is 1.44 bits per heavy atom. The van der Waals surface area contributed by atoms with Crippen LogP contribution >= 0.6 is 47.5 Å². The second-order valence-electron chi connectivity index (χ2n) is 19.9. The maximum atomic E-state index is 12.9. The number of allylic oxidation sites excluding steroid dienone is 1. The van der Waals surface area contributed by atoms with Gasteiger partial charge in [0, 0.05) is 91.5 Å². The van der Waals surface area contributed by atoms with Gasteiger partial charge >= 0.3 is 12.4 Å². The van der Waals surface area contributed by atoms with Crippen molar-refractivity contribution in [2.45, 2.75) is 152 Å². The number of benzene rings is 2. The highest BCUT2D eigenvalue weighted by molar-refractivity contribution is 7.19. The van der Waals surface area contributed by atoms with Crippen molar-refractivity contribution in [2.24, 2.45) is 5.73 Å². The minimum Gasteiger partial charge on any atom is -0.356 e. The molecular formula is C56H69Cl2F6N9O3S2. The number of carbonyl (C=O) groups excluding carboxylic acids is 3. The molecule has 4 atom stereocenters. The molecule has 2 fully saturated rings. The summed E-state index contributed by atoms with van der Waals surface area (Å²) in [6.45, 7) is 5.48. The van der Waals surface area contributed by atoms with Crippen molar-refractivity contribution in [3.63, 3.8) is 0 Å². The molecule has 6 aromatic rings. The van der Waals surface area contributed by atoms with E-state index in [-0.39, 0.29) is 64.0 Å². The molecule has 2 aliphatic rings. The predicted molar refractivity (Wildman–Crippen MR) is 305 cm³/mol. The number of nitrogens with zero attached hydrogens (tertiary/aromatic N) is 6. The number of fused-ring (bicyclic) bond motifs is 2. The first-order chi connectivity index (χ1) is 36.4. The molecular weight excluding hydrogens is 1100 g/mol. The molecule has 0 unspecified atom stereocenters. The minimum absolute atomic E-state index is 0. The Kier molecular flexibility index (Phi) is 24.5. The first-order valence-electron chi connectivity index (χ1n) is 26.0. The molecule has 4 heterocycles. The topological polar surface area (TPSA) is 159 Å². The smallest absolute Gasteiger partial charge is 0.356 e. The Balaban J connectivity index is 0.000000282. The van der Waals surface area contributed by atoms with Gasteiger partial charge in [-0.3, -0.25) is 14.4 Å². The Morgan fingerprint density at radius 1 is 0.628 bits per heavy atom. The molecule has 4 aromatic heterocycles. The van der Waals surface area contributed by atoms with Gasteiger partial charge in [0.15, 0.2) is 17.3 Å². The zero-order valence-corrected chi connectivity index (χ0v) is 47.1. The predicted octanol–water partition coefficient (Wildman–Crippen LogP) is 12.9. The molecule has 0 bridgehead atoms. The van der Waals surface area contributed by atoms with Crippen LogP contribution < -0.4 is 26.2 Å². The summed E-state index contributed by atoms with van der Waals surface area (Å²) in [7, 11) is 3.91. The molecule has 0 radical (unpaired) electrons. The third kappa shape index (κ3) is 18.8. The maximum Gasteiger partial charge on any atom is 0.393 e. The Labute approximate surface area is 472 Å². The van der Waals surface area contributed by atoms with E-state index in [9.17, 15) is 40.7 Å². The molecule has 0 amide bonds. The first-order valence-corrected chi connectivity index (χ1v) is 27.6. The highest BCUT2D eigenvalue weighted by atomic mass is 35.5. The number of aromatic nitrogens is 4. The summed E-state index contributed by atoms with van der Waals surface area (Å²) in [4.78, 5) is 59.0. The number of ketones is 3. The van der Waals surface area contributed by atoms with Crippen LogP contribution in [0.2, 0.25) is 0 Å². The zero-order chi connectivity index (χ0) is 54.4. The number of halogens is 8. The van der Waals surface area contributed by atoms with Gasteiger partial charge < -0.3 is 26.2 Å². The van der Waals surface area contributed by atoms with Gasteiger partial charge in [-0.1, -0.05) is 61.5 Å². The number of hydrogen-bond donors (Lipinski definition) is 3. The van der Waals surface area contributed by atoms with Gasteiger partial charge in [0.2, 0.25) is 0 Å². The number of anilines is 2. The van der Waals surface area contributed by atoms with Crippen LogP contribution in [0.4, 0.5) is 38.0 Å². The summed E-state index contributed by atoms with van der Waals surface area (Å²) < 4.78 is 77.3. The fourth-order valence-corrected chi connectivity index (χ4v) is 12.0. The number of nitrogens with one attached hydrogen (secondary N) is 2. The molecule has 424 valence electrons. The lowest BCUT2D eigenvalue weighted by molar-refractivity contribution is -0.127. The van der Waals surface area contributed by atoms with Crippen LogP contribution in [0.25, 0.3) is 20.4 Å². The fourth-order valence-electron chi connectivity index (χ4n) is 9.98. The van der Waals surface area contributed by atoms with Crippen molar-refractivity contribution in [1.29, 1.82) is 0 Å². The third-order valence-corrected chi connectivity index (χ3v) is 16.3. The quantitative estimate of drug-likeness (QED) is 0.0216. The molecule has 2 saturated carbocycles. The van der Waals surface area contributed by atoms with Crippen molar-refractivity contribution < 1.29 is 40.7 Å². The summed E-state index contributed by atoms with van der Waals surface area (Å²) in [5.41, 5.74) is 9.16. The molecule has 2 aliphatic carbocycles. The third-order valence-electron chi connectivity index (χ3n) is 14.2. The van der Waals surface area contributed by atoms with E-state index in [1.165, 1.54) is 18.7 Å². The Morgan fingerprint density at radius 2 is 1.04 bits per heavy atom. The number of alkyl halides is 6. The van der Waals surface area contributed by atoms with Gasteiger partial charge in [-0.15, -0.1) is 47.5 Å². The molecule has 22 heteroatoms. The Bertz CT molecular complexity index is 2890. The molecule has 78 heavy (non-hydrogen) atoms. The van der Waals surface area contributed by atoms with Gasteiger partial charge in [-0.05, 0) is 100 Å². The van der Waals surface area contributed by atoms with E-state index >= 15 is 0 Å². The van der Waals surface area contributed by atoms with E-state index in [0.717, 1.165) is 110 Å². The molecule has 8 rings (SSSR count). The Hall–Kier alpha value is -5.09. The van der Waals surface area contributed by atoms with Crippen molar-refractivity contribution in [3.05, 3.63) is 118 Å². The number of hydrogen-bond acceptors (Lipinski definition) is 14. The highest BCUT2D eigenvalue weighted by Gasteiger charge is 2.33. The largest absolute Gasteiger partial charge is 0.393 e. The van der Waals surface area contributed by atoms with Crippen LogP contribution in [0.3, 0.4) is 0 Å². The maximum absolute atomic E-state index is 12.9. The van der Waals surface area contributed by atoms with Crippen LogP contribution in [-0.2, 0) is 30.7 Å². The lowest BCUT2D eigenvalue weighted by atomic mass is 10.0. The summed E-state index contributed by atoms with van der Waals surface area (Å²) in [5.74, 6) is 1.67. The summed E-state index contributed by atoms with van der Waals surface area (Å²) in [6, 6.07) is 19.7. The van der Waals surface area contributed by atoms with E-state index in [2.05, 4.69) is 46.9 Å². The molecule has 0 saturated heterocycles. The van der Waals surface area contributed by atoms with E-state index in [1.807, 2.05) is 62.6 Å². The first kappa shape index (κ1) is 63.7. The monoisotopic (exact) mass is 1160 g/mol. The van der Waals surface area contributed by atoms with Gasteiger partial charge in [0.1, 0.15) is 34.0 Å². The summed E-state index contributed by atoms with van der Waals surface area (Å²) >= 11 is 2.14. The number of rotatable bonds is 25. The zero-order valence-electron chi connectivity index (χ0n) is 43.8. The van der Waals surface area contributed by atoms with E-state index in [4.69, 9.17) is 5.73 Å². The van der Waals surface area contributed by atoms with Crippen molar-refractivity contribution in [1.82, 2.24) is 30.6 Å². The van der Waals surface area contributed by atoms with E-state index in [0.29, 0.717) is 88.6 Å². The van der Waals surface area contributed by atoms with Crippen LogP contribution in [-0.4, -0.2) is 94.4 Å². The average molecular weight is 1170 g/mol. The summed E-state index contributed by atoms with van der Waals surface area (Å²) in [5, 5.41) is 8.57. The number of Topliss-reactive ketones (excluding diaryl/α,β-unsaturated/α-hetero) is 2. The second-order valence-corrected chi connectivity index (χ2v) is 22.1. The SMILES string of the molecule is C=CC(=O)CCCCCC(=O)c1ccc(CN[C@H]2CC[C@@H](N(C)c3ncnc4sc(CC(F)(F)F)cc34)C2)cc1.CN(c1ncnc2sc(CC(F)(F)F)cc12)[C@@H]1CC[C@H](NCc2ccc(C(=O)CCCCN)cc2)C1.Cl.Cl. The molecule has 2 aromatic carbocycles. The van der Waals surface area contributed by atoms with Crippen LogP contribution in [0.15, 0.2) is 86.0 Å². The van der Waals surface area contributed by atoms with Gasteiger partial charge in [-0.25, -0.2) is 19.9 Å². The standard InChI is InChI=1S/C30H35F3N4O2S.C26H32F3N5OS.2ClH/c1-3-24(38)7-5-4-6-8-27(39)21-11-9-20(10-12-21)18-34-22-13-14-23(15-22)37(2)28-26-16-25(17-30(31,32)33)40-29(26)36-19-35-28;1-34(24-22-13-21(14-26(27,28)29)36-25(22)33-16-32-24)20-10-9-19(12-20)31-15-17-5-7-18(8-6-17)23(35)4-2-3-11-30;;/h3,9-12,16,19,22-23,34H,1,4-8,13-15,17-18H2,2H3;5-8,13,16,19-20,31H,2-4,9-12,14-15,30H2,1H3;2*1H/t22-,23+;19-,20+;;/m00../s1. The number of unbranched alkanes of at least 4 members (excludes halogenated alkanes) is 3. The number of thiophene rings is 2.